The summed E-state index contributed by atoms with van der Waals surface area (Å²) in [5, 5.41) is 13.9. The topological polar surface area (TPSA) is 37.8 Å². The molecule has 14 heavy (non-hydrogen) atoms. The summed E-state index contributed by atoms with van der Waals surface area (Å²) in [6.07, 6.45) is 4.28. The van der Waals surface area contributed by atoms with Crippen molar-refractivity contribution in [2.75, 3.05) is 19.3 Å². The first-order chi connectivity index (χ1) is 6.86. The highest BCUT2D eigenvalue weighted by atomic mass is 32.2. The van der Waals surface area contributed by atoms with E-state index < -0.39 is 0 Å². The molecule has 0 saturated heterocycles. The first kappa shape index (κ1) is 11.9. The summed E-state index contributed by atoms with van der Waals surface area (Å²) in [5.74, 6) is 0.986. The van der Waals surface area contributed by atoms with Crippen LogP contribution >= 0.6 is 23.1 Å². The minimum atomic E-state index is 0.986. The second-order valence-electron chi connectivity index (χ2n) is 3.02. The van der Waals surface area contributed by atoms with E-state index in [2.05, 4.69) is 28.7 Å². The Kier molecular flexibility index (Phi) is 6.14. The molecule has 1 aromatic heterocycles. The van der Waals surface area contributed by atoms with Gasteiger partial charge in [0, 0.05) is 18.7 Å². The zero-order chi connectivity index (χ0) is 10.2. The average molecular weight is 231 g/mol. The fourth-order valence-electron chi connectivity index (χ4n) is 1.07. The lowest BCUT2D eigenvalue weighted by atomic mass is 10.4. The van der Waals surface area contributed by atoms with Crippen LogP contribution in [0.4, 0.5) is 0 Å². The van der Waals surface area contributed by atoms with Crippen LogP contribution in [0.15, 0.2) is 0 Å². The van der Waals surface area contributed by atoms with Gasteiger partial charge in [-0.1, -0.05) is 6.92 Å². The number of thioether (sulfide) groups is 1. The summed E-state index contributed by atoms with van der Waals surface area (Å²) in [5.41, 5.74) is 0. The summed E-state index contributed by atoms with van der Waals surface area (Å²) in [4.78, 5) is 0. The third-order valence-electron chi connectivity index (χ3n) is 1.72. The fourth-order valence-corrected chi connectivity index (χ4v) is 2.60. The van der Waals surface area contributed by atoms with Crippen molar-refractivity contribution in [3.8, 4) is 0 Å². The molecule has 0 atom stereocenters. The molecule has 5 heteroatoms. The van der Waals surface area contributed by atoms with Gasteiger partial charge in [-0.3, -0.25) is 0 Å². The Morgan fingerprint density at radius 2 is 2.07 bits per heavy atom. The second kappa shape index (κ2) is 7.20. The fraction of sp³-hybridized carbons (Fsp3) is 0.778. The Balaban J connectivity index is 2.22. The molecule has 0 unspecified atom stereocenters. The summed E-state index contributed by atoms with van der Waals surface area (Å²) in [6, 6.07) is 0. The zero-order valence-electron chi connectivity index (χ0n) is 8.75. The smallest absolute Gasteiger partial charge is 0.127 e. The molecule has 0 spiro atoms. The average Bonchev–Trinajstić information content (AvgIpc) is 2.61. The van der Waals surface area contributed by atoms with Gasteiger partial charge in [0.1, 0.15) is 10.0 Å². The van der Waals surface area contributed by atoms with Gasteiger partial charge >= 0.3 is 0 Å². The van der Waals surface area contributed by atoms with Crippen LogP contribution in [0.2, 0.25) is 0 Å². The minimum Gasteiger partial charge on any atom is -0.316 e. The molecule has 0 aromatic carbocycles. The molecule has 1 aromatic rings. The molecule has 1 heterocycles. The molecule has 0 aliphatic rings. The highest BCUT2D eigenvalue weighted by Crippen LogP contribution is 2.14. The Labute approximate surface area is 93.7 Å². The predicted molar refractivity (Wildman–Crippen MR) is 64.0 cm³/mol. The third kappa shape index (κ3) is 4.39. The summed E-state index contributed by atoms with van der Waals surface area (Å²) >= 11 is 3.52. The van der Waals surface area contributed by atoms with Crippen molar-refractivity contribution < 1.29 is 0 Å². The molecule has 0 bridgehead atoms. The van der Waals surface area contributed by atoms with Crippen molar-refractivity contribution in [3.63, 3.8) is 0 Å². The zero-order valence-corrected chi connectivity index (χ0v) is 10.4. The van der Waals surface area contributed by atoms with Gasteiger partial charge in [0.15, 0.2) is 0 Å². The van der Waals surface area contributed by atoms with Crippen molar-refractivity contribution >= 4 is 23.1 Å². The van der Waals surface area contributed by atoms with E-state index in [0.29, 0.717) is 0 Å². The molecule has 0 aliphatic heterocycles. The number of hydrogen-bond acceptors (Lipinski definition) is 5. The van der Waals surface area contributed by atoms with E-state index in [1.807, 2.05) is 0 Å². The van der Waals surface area contributed by atoms with E-state index >= 15 is 0 Å². The van der Waals surface area contributed by atoms with Crippen molar-refractivity contribution in [2.24, 2.45) is 0 Å². The van der Waals surface area contributed by atoms with Gasteiger partial charge < -0.3 is 5.32 Å². The van der Waals surface area contributed by atoms with Crippen LogP contribution in [0.5, 0.6) is 0 Å². The van der Waals surface area contributed by atoms with Crippen LogP contribution in [0.3, 0.4) is 0 Å². The van der Waals surface area contributed by atoms with E-state index in [4.69, 9.17) is 0 Å². The lowest BCUT2D eigenvalue weighted by molar-refractivity contribution is 0.667. The van der Waals surface area contributed by atoms with Crippen LogP contribution < -0.4 is 5.32 Å². The molecule has 0 radical (unpaired) electrons. The molecule has 0 saturated carbocycles. The van der Waals surface area contributed by atoms with E-state index in [9.17, 15) is 0 Å². The van der Waals surface area contributed by atoms with Crippen LogP contribution in [0.1, 0.15) is 23.4 Å². The molecule has 1 N–H and O–H groups in total. The monoisotopic (exact) mass is 231 g/mol. The Bertz CT molecular complexity index is 250. The maximum atomic E-state index is 4.15. The van der Waals surface area contributed by atoms with Crippen LogP contribution in [-0.2, 0) is 12.2 Å². The highest BCUT2D eigenvalue weighted by Gasteiger charge is 2.02. The second-order valence-corrected chi connectivity index (χ2v) is 5.04. The molecule has 1 rings (SSSR count). The number of hydrogen-bond donors (Lipinski definition) is 1. The van der Waals surface area contributed by atoms with Crippen LogP contribution in [0, 0.1) is 0 Å². The van der Waals surface area contributed by atoms with Crippen LogP contribution in [-0.4, -0.2) is 29.5 Å². The SMILES string of the molecule is CCCNCCc1nnc(CSC)s1. The van der Waals surface area contributed by atoms with Crippen LogP contribution in [0.25, 0.3) is 0 Å². The predicted octanol–water partition coefficient (Wildman–Crippen LogP) is 1.94. The third-order valence-corrected chi connectivity index (χ3v) is 3.45. The quantitative estimate of drug-likeness (QED) is 0.728. The Hall–Kier alpha value is -0.130. The van der Waals surface area contributed by atoms with E-state index in [-0.39, 0.29) is 0 Å². The molecule has 0 aliphatic carbocycles. The first-order valence-electron chi connectivity index (χ1n) is 4.87. The Morgan fingerprint density at radius 1 is 1.29 bits per heavy atom. The largest absolute Gasteiger partial charge is 0.316 e. The van der Waals surface area contributed by atoms with Gasteiger partial charge in [-0.25, -0.2) is 0 Å². The molecule has 3 nitrogen and oxygen atoms in total. The standard InChI is InChI=1S/C9H17N3S2/c1-3-5-10-6-4-8-11-12-9(14-8)7-13-2/h10H,3-7H2,1-2H3. The lowest BCUT2D eigenvalue weighted by Crippen LogP contribution is -2.17. The summed E-state index contributed by atoms with van der Waals surface area (Å²) in [6.45, 7) is 4.28. The maximum Gasteiger partial charge on any atom is 0.127 e. The molecule has 80 valence electrons. The summed E-state index contributed by atoms with van der Waals surface area (Å²) in [7, 11) is 0. The van der Waals surface area contributed by atoms with Gasteiger partial charge in [-0.2, -0.15) is 11.8 Å². The van der Waals surface area contributed by atoms with E-state index in [1.54, 1.807) is 23.1 Å². The van der Waals surface area contributed by atoms with Crippen molar-refractivity contribution in [3.05, 3.63) is 10.0 Å². The molecular formula is C9H17N3S2. The first-order valence-corrected chi connectivity index (χ1v) is 7.08. The lowest BCUT2D eigenvalue weighted by Gasteiger charge is -1.98. The normalized spacial score (nSPS) is 10.7. The van der Waals surface area contributed by atoms with Gasteiger partial charge in [-0.15, -0.1) is 21.5 Å². The van der Waals surface area contributed by atoms with E-state index in [0.717, 1.165) is 35.3 Å². The molecule has 0 fully saturated rings. The Morgan fingerprint density at radius 3 is 2.79 bits per heavy atom. The van der Waals surface area contributed by atoms with Crippen molar-refractivity contribution in [1.29, 1.82) is 0 Å². The highest BCUT2D eigenvalue weighted by molar-refractivity contribution is 7.97. The van der Waals surface area contributed by atoms with Gasteiger partial charge in [0.25, 0.3) is 0 Å². The van der Waals surface area contributed by atoms with Gasteiger partial charge in [-0.05, 0) is 19.2 Å². The minimum absolute atomic E-state index is 0.986. The number of aromatic nitrogens is 2. The van der Waals surface area contributed by atoms with E-state index in [1.165, 1.54) is 6.42 Å². The van der Waals surface area contributed by atoms with Gasteiger partial charge in [0.2, 0.25) is 0 Å². The number of nitrogens with one attached hydrogen (secondary N) is 1. The number of rotatable bonds is 7. The van der Waals surface area contributed by atoms with Crippen molar-refractivity contribution in [1.82, 2.24) is 15.5 Å². The maximum absolute atomic E-state index is 4.15. The van der Waals surface area contributed by atoms with Crippen molar-refractivity contribution in [2.45, 2.75) is 25.5 Å². The van der Waals surface area contributed by atoms with Gasteiger partial charge in [0.05, 0.1) is 0 Å². The molecular weight excluding hydrogens is 214 g/mol. The number of nitrogens with zero attached hydrogens (tertiary/aromatic N) is 2. The summed E-state index contributed by atoms with van der Waals surface area (Å²) < 4.78 is 0. The molecule has 0 amide bonds.